The van der Waals surface area contributed by atoms with Gasteiger partial charge in [0.25, 0.3) is 0 Å². The van der Waals surface area contributed by atoms with Crippen molar-refractivity contribution < 1.29 is 40.1 Å². The lowest BCUT2D eigenvalue weighted by Gasteiger charge is -2.58. The summed E-state index contributed by atoms with van der Waals surface area (Å²) in [6.07, 6.45) is 0.977. The van der Waals surface area contributed by atoms with Crippen LogP contribution in [0.1, 0.15) is 99.8 Å². The van der Waals surface area contributed by atoms with E-state index in [4.69, 9.17) is 9.47 Å². The standard InChI is InChI=1S/C35H60O8/c1-8-22(17(2)3)25(37)15-18(4)26-32(43-33-31(41)30(40)28(38)19(5)42-33)29(39)27-23-10-9-20-16-21(36)11-13-34(20,6)24(23)12-14-35(26,27)7/h9,17-19,21-33,36-41H,8,10-16H2,1-7H3/t18-,19+,21+,22+,23-,24+,25+,26+,27-,28+,29+,30-,31-,32-,33+,34+,35-/m1/s1. The van der Waals surface area contributed by atoms with Gasteiger partial charge in [0.1, 0.15) is 18.3 Å². The van der Waals surface area contributed by atoms with Gasteiger partial charge in [-0.3, -0.25) is 0 Å². The third kappa shape index (κ3) is 5.68. The van der Waals surface area contributed by atoms with E-state index in [1.54, 1.807) is 6.92 Å². The van der Waals surface area contributed by atoms with Crippen molar-refractivity contribution in [3.05, 3.63) is 11.6 Å². The van der Waals surface area contributed by atoms with Crippen molar-refractivity contribution in [2.24, 2.45) is 52.3 Å². The fourth-order valence-electron chi connectivity index (χ4n) is 11.1. The van der Waals surface area contributed by atoms with E-state index in [0.717, 1.165) is 44.9 Å². The molecule has 8 heteroatoms. The van der Waals surface area contributed by atoms with Gasteiger partial charge in [0.2, 0.25) is 0 Å². The molecule has 17 atom stereocenters. The van der Waals surface area contributed by atoms with Gasteiger partial charge in [-0.05, 0) is 104 Å². The van der Waals surface area contributed by atoms with Gasteiger partial charge in [-0.1, -0.05) is 59.6 Å². The monoisotopic (exact) mass is 608 g/mol. The fraction of sp³-hybridized carbons (Fsp3) is 0.943. The quantitative estimate of drug-likeness (QED) is 0.229. The van der Waals surface area contributed by atoms with Crippen LogP contribution in [0.15, 0.2) is 11.6 Å². The van der Waals surface area contributed by atoms with Crippen molar-refractivity contribution in [2.45, 2.75) is 155 Å². The molecule has 248 valence electrons. The van der Waals surface area contributed by atoms with Crippen LogP contribution in [0.2, 0.25) is 0 Å². The van der Waals surface area contributed by atoms with Gasteiger partial charge in [-0.25, -0.2) is 0 Å². The van der Waals surface area contributed by atoms with E-state index in [1.807, 2.05) is 0 Å². The molecule has 43 heavy (non-hydrogen) atoms. The first-order valence-electron chi connectivity index (χ1n) is 17.2. The molecule has 3 saturated carbocycles. The molecule has 0 spiro atoms. The average molecular weight is 609 g/mol. The van der Waals surface area contributed by atoms with Gasteiger partial charge >= 0.3 is 0 Å². The van der Waals surface area contributed by atoms with Crippen molar-refractivity contribution in [1.29, 1.82) is 0 Å². The second kappa shape index (κ2) is 12.6. The Morgan fingerprint density at radius 3 is 2.33 bits per heavy atom. The molecular weight excluding hydrogens is 548 g/mol. The van der Waals surface area contributed by atoms with Crippen molar-refractivity contribution in [3.8, 4) is 0 Å². The third-order valence-electron chi connectivity index (χ3n) is 13.3. The predicted molar refractivity (Wildman–Crippen MR) is 164 cm³/mol. The number of allylic oxidation sites excluding steroid dienone is 1. The molecular formula is C35H60O8. The van der Waals surface area contributed by atoms with Gasteiger partial charge in [0, 0.05) is 0 Å². The first-order chi connectivity index (χ1) is 20.1. The van der Waals surface area contributed by atoms with Crippen LogP contribution in [-0.4, -0.2) is 85.8 Å². The van der Waals surface area contributed by atoms with E-state index in [-0.39, 0.29) is 46.5 Å². The average Bonchev–Trinajstić information content (AvgIpc) is 3.16. The topological polar surface area (TPSA) is 140 Å². The molecule has 0 aromatic carbocycles. The van der Waals surface area contributed by atoms with Gasteiger partial charge in [-0.15, -0.1) is 0 Å². The lowest BCUT2D eigenvalue weighted by atomic mass is 9.46. The van der Waals surface area contributed by atoms with E-state index in [9.17, 15) is 30.6 Å². The van der Waals surface area contributed by atoms with Crippen LogP contribution in [0, 0.1) is 52.3 Å². The second-order valence-electron chi connectivity index (χ2n) is 16.0. The van der Waals surface area contributed by atoms with Gasteiger partial charge in [0.15, 0.2) is 6.29 Å². The number of fused-ring (bicyclic) bond motifs is 5. The maximum atomic E-state index is 12.3. The van der Waals surface area contributed by atoms with Crippen LogP contribution >= 0.6 is 0 Å². The first kappa shape index (κ1) is 33.8. The summed E-state index contributed by atoms with van der Waals surface area (Å²) in [6, 6.07) is 0. The Bertz CT molecular complexity index is 1000. The van der Waals surface area contributed by atoms with Crippen LogP contribution in [0.3, 0.4) is 0 Å². The zero-order valence-corrected chi connectivity index (χ0v) is 27.5. The van der Waals surface area contributed by atoms with Gasteiger partial charge in [-0.2, -0.15) is 0 Å². The summed E-state index contributed by atoms with van der Waals surface area (Å²) < 4.78 is 12.5. The molecule has 0 aromatic heterocycles. The van der Waals surface area contributed by atoms with Crippen molar-refractivity contribution in [1.82, 2.24) is 0 Å². The van der Waals surface area contributed by atoms with E-state index < -0.39 is 49.0 Å². The highest BCUT2D eigenvalue weighted by Gasteiger charge is 2.66. The highest BCUT2D eigenvalue weighted by Crippen LogP contribution is 2.68. The molecule has 1 saturated heterocycles. The molecule has 0 amide bonds. The molecule has 5 aliphatic rings. The predicted octanol–water partition coefficient (Wildman–Crippen LogP) is 3.79. The third-order valence-corrected chi connectivity index (χ3v) is 13.3. The molecule has 4 aliphatic carbocycles. The van der Waals surface area contributed by atoms with Crippen LogP contribution in [0.25, 0.3) is 0 Å². The summed E-state index contributed by atoms with van der Waals surface area (Å²) in [7, 11) is 0. The number of ether oxygens (including phenoxy) is 2. The lowest BCUT2D eigenvalue weighted by Crippen LogP contribution is -2.58. The molecule has 4 fully saturated rings. The molecule has 5 rings (SSSR count). The van der Waals surface area contributed by atoms with E-state index in [0.29, 0.717) is 18.3 Å². The summed E-state index contributed by atoms with van der Waals surface area (Å²) in [4.78, 5) is 0. The number of aliphatic hydroxyl groups excluding tert-OH is 6. The van der Waals surface area contributed by atoms with Crippen molar-refractivity contribution in [2.75, 3.05) is 0 Å². The summed E-state index contributed by atoms with van der Waals surface area (Å²) in [6.45, 7) is 14.9. The van der Waals surface area contributed by atoms with Gasteiger partial charge in [0.05, 0.1) is 30.5 Å². The minimum atomic E-state index is -1.44. The zero-order valence-electron chi connectivity index (χ0n) is 27.5. The molecule has 0 aromatic rings. The molecule has 6 N–H and O–H groups in total. The van der Waals surface area contributed by atoms with Crippen LogP contribution in [0.5, 0.6) is 0 Å². The molecule has 1 heterocycles. The Hall–Kier alpha value is -0.580. The Morgan fingerprint density at radius 2 is 1.67 bits per heavy atom. The smallest absolute Gasteiger partial charge is 0.186 e. The SMILES string of the molecule is CC[C@@H](C(C)C)[C@@H](O)C[C@@H](C)[C@H]1[C@@H](O[C@@H]2O[C@@H](C)[C@H](O)[C@@H](O)[C@H]2O)[C@@H](O)[C@H]2[C@@H]3CC=C4C[C@@H](O)CC[C@]4(C)[C@H]3CC[C@]12C. The highest BCUT2D eigenvalue weighted by molar-refractivity contribution is 5.26. The molecule has 1 aliphatic heterocycles. The normalized spacial score (nSPS) is 50.3. The zero-order chi connectivity index (χ0) is 31.6. The fourth-order valence-corrected chi connectivity index (χ4v) is 11.1. The summed E-state index contributed by atoms with van der Waals surface area (Å²) in [5.74, 6) is 1.08. The van der Waals surface area contributed by atoms with Crippen molar-refractivity contribution in [3.63, 3.8) is 0 Å². The minimum absolute atomic E-state index is 0.0173. The maximum absolute atomic E-state index is 12.3. The Labute approximate surface area is 258 Å². The Kier molecular flexibility index (Phi) is 9.86. The van der Waals surface area contributed by atoms with Crippen molar-refractivity contribution >= 4 is 0 Å². The van der Waals surface area contributed by atoms with Crippen LogP contribution in [0.4, 0.5) is 0 Å². The number of rotatable bonds is 8. The first-order valence-corrected chi connectivity index (χ1v) is 17.2. The maximum Gasteiger partial charge on any atom is 0.186 e. The summed E-state index contributed by atoms with van der Waals surface area (Å²) in [5, 5.41) is 65.9. The van der Waals surface area contributed by atoms with E-state index in [2.05, 4.69) is 47.6 Å². The Balaban J connectivity index is 1.49. The second-order valence-corrected chi connectivity index (χ2v) is 16.0. The highest BCUT2D eigenvalue weighted by atomic mass is 16.7. The van der Waals surface area contributed by atoms with Crippen LogP contribution < -0.4 is 0 Å². The van der Waals surface area contributed by atoms with E-state index in [1.165, 1.54) is 5.57 Å². The largest absolute Gasteiger partial charge is 0.393 e. The summed E-state index contributed by atoms with van der Waals surface area (Å²) in [5.41, 5.74) is 1.14. The number of hydrogen-bond acceptors (Lipinski definition) is 8. The molecule has 0 radical (unpaired) electrons. The number of aliphatic hydroxyl groups is 6. The number of hydrogen-bond donors (Lipinski definition) is 6. The van der Waals surface area contributed by atoms with Gasteiger partial charge < -0.3 is 40.1 Å². The lowest BCUT2D eigenvalue weighted by molar-refractivity contribution is -0.314. The minimum Gasteiger partial charge on any atom is -0.393 e. The summed E-state index contributed by atoms with van der Waals surface area (Å²) >= 11 is 0. The molecule has 0 unspecified atom stereocenters. The molecule has 8 nitrogen and oxygen atoms in total. The Morgan fingerprint density at radius 1 is 0.977 bits per heavy atom. The van der Waals surface area contributed by atoms with E-state index >= 15 is 0 Å². The molecule has 0 bridgehead atoms. The van der Waals surface area contributed by atoms with Crippen LogP contribution in [-0.2, 0) is 9.47 Å².